The third kappa shape index (κ3) is 3.48. The minimum Gasteiger partial charge on any atom is -0.495 e. The normalized spacial score (nSPS) is 9.12. The summed E-state index contributed by atoms with van der Waals surface area (Å²) in [5.41, 5.74) is 1.34. The van der Waals surface area contributed by atoms with Crippen LogP contribution in [0.15, 0.2) is 18.2 Å². The van der Waals surface area contributed by atoms with Crippen LogP contribution in [0.3, 0.4) is 0 Å². The van der Waals surface area contributed by atoms with E-state index in [1.807, 2.05) is 0 Å². The molecule has 0 spiro atoms. The quantitative estimate of drug-likeness (QED) is 0.646. The summed E-state index contributed by atoms with van der Waals surface area (Å²) < 4.78 is 5.11. The van der Waals surface area contributed by atoms with Gasteiger partial charge in [0.15, 0.2) is 0 Å². The number of carbonyl (C=O) groups is 1. The zero-order valence-electron chi connectivity index (χ0n) is 8.79. The number of benzene rings is 1. The van der Waals surface area contributed by atoms with Crippen LogP contribution in [0.5, 0.6) is 5.75 Å². The molecule has 0 atom stereocenters. The zero-order valence-corrected chi connectivity index (χ0v) is 9.54. The van der Waals surface area contributed by atoms with E-state index in [0.29, 0.717) is 16.9 Å². The van der Waals surface area contributed by atoms with Gasteiger partial charge >= 0.3 is 5.97 Å². The van der Waals surface area contributed by atoms with E-state index in [1.165, 1.54) is 7.11 Å². The average Bonchev–Trinajstić information content (AvgIpc) is 2.25. The van der Waals surface area contributed by atoms with Crippen LogP contribution in [0.2, 0.25) is 0 Å². The monoisotopic (exact) mass is 238 g/mol. The molecule has 0 fully saturated rings. The first-order chi connectivity index (χ1) is 7.67. The molecule has 3 nitrogen and oxygen atoms in total. The second kappa shape index (κ2) is 6.04. The molecule has 0 saturated carbocycles. The fourth-order valence-electron chi connectivity index (χ4n) is 1.27. The Morgan fingerprint density at radius 2 is 2.31 bits per heavy atom. The standard InChI is InChI=1S/C12H11ClO3/c1-16-11-5-4-9(8-12(14)15)7-10(11)3-2-6-13/h4-5,7H,6,8H2,1H3,(H,14,15). The van der Waals surface area contributed by atoms with Gasteiger partial charge < -0.3 is 9.84 Å². The summed E-state index contributed by atoms with van der Waals surface area (Å²) >= 11 is 5.46. The second-order valence-corrected chi connectivity index (χ2v) is 3.31. The average molecular weight is 239 g/mol. The third-order valence-corrected chi connectivity index (χ3v) is 2.04. The number of carboxylic acids is 1. The number of halogens is 1. The van der Waals surface area contributed by atoms with Crippen molar-refractivity contribution in [2.45, 2.75) is 6.42 Å². The lowest BCUT2D eigenvalue weighted by Crippen LogP contribution is -2.00. The summed E-state index contributed by atoms with van der Waals surface area (Å²) in [6, 6.07) is 5.11. The molecular formula is C12H11ClO3. The Balaban J connectivity index is 3.05. The van der Waals surface area contributed by atoms with Crippen molar-refractivity contribution in [3.05, 3.63) is 29.3 Å². The van der Waals surface area contributed by atoms with E-state index in [0.717, 1.165) is 0 Å². The van der Waals surface area contributed by atoms with Gasteiger partial charge in [-0.25, -0.2) is 0 Å². The number of methoxy groups -OCH3 is 1. The van der Waals surface area contributed by atoms with Crippen molar-refractivity contribution in [1.82, 2.24) is 0 Å². The fourth-order valence-corrected chi connectivity index (χ4v) is 1.33. The predicted octanol–water partition coefficient (Wildman–Crippen LogP) is 1.91. The van der Waals surface area contributed by atoms with Crippen LogP contribution in [0, 0.1) is 11.8 Å². The molecule has 0 aliphatic rings. The van der Waals surface area contributed by atoms with Crippen LogP contribution < -0.4 is 4.74 Å². The molecule has 0 heterocycles. The Bertz CT molecular complexity index is 443. The van der Waals surface area contributed by atoms with Crippen molar-refractivity contribution in [3.8, 4) is 17.6 Å². The lowest BCUT2D eigenvalue weighted by molar-refractivity contribution is -0.136. The van der Waals surface area contributed by atoms with Crippen LogP contribution >= 0.6 is 11.6 Å². The van der Waals surface area contributed by atoms with Gasteiger partial charge in [0.1, 0.15) is 5.75 Å². The highest BCUT2D eigenvalue weighted by atomic mass is 35.5. The summed E-state index contributed by atoms with van der Waals surface area (Å²) in [7, 11) is 1.54. The van der Waals surface area contributed by atoms with Gasteiger partial charge in [-0.2, -0.15) is 0 Å². The van der Waals surface area contributed by atoms with Gasteiger partial charge in [0.05, 0.1) is 25.0 Å². The highest BCUT2D eigenvalue weighted by Crippen LogP contribution is 2.19. The summed E-state index contributed by atoms with van der Waals surface area (Å²) in [5.74, 6) is 5.51. The fraction of sp³-hybridized carbons (Fsp3) is 0.250. The molecule has 1 aromatic rings. The maximum Gasteiger partial charge on any atom is 0.307 e. The first-order valence-electron chi connectivity index (χ1n) is 4.61. The Morgan fingerprint density at radius 1 is 1.56 bits per heavy atom. The number of carboxylic acid groups (broad SMARTS) is 1. The number of hydrogen-bond acceptors (Lipinski definition) is 2. The van der Waals surface area contributed by atoms with Crippen molar-refractivity contribution in [1.29, 1.82) is 0 Å². The Labute approximate surface area is 99.0 Å². The van der Waals surface area contributed by atoms with E-state index in [4.69, 9.17) is 21.4 Å². The Kier molecular flexibility index (Phi) is 4.68. The first-order valence-corrected chi connectivity index (χ1v) is 5.14. The van der Waals surface area contributed by atoms with Gasteiger partial charge in [0.25, 0.3) is 0 Å². The molecule has 1 N–H and O–H groups in total. The number of aliphatic carboxylic acids is 1. The summed E-state index contributed by atoms with van der Waals surface area (Å²) in [5, 5.41) is 8.67. The van der Waals surface area contributed by atoms with Crippen molar-refractivity contribution >= 4 is 17.6 Å². The van der Waals surface area contributed by atoms with Crippen LogP contribution in [0.4, 0.5) is 0 Å². The predicted molar refractivity (Wildman–Crippen MR) is 61.9 cm³/mol. The first kappa shape index (κ1) is 12.4. The van der Waals surface area contributed by atoms with Crippen molar-refractivity contribution in [3.63, 3.8) is 0 Å². The molecule has 16 heavy (non-hydrogen) atoms. The van der Waals surface area contributed by atoms with Crippen molar-refractivity contribution in [2.75, 3.05) is 13.0 Å². The molecular weight excluding hydrogens is 228 g/mol. The maximum absolute atomic E-state index is 10.6. The minimum atomic E-state index is -0.874. The maximum atomic E-state index is 10.6. The molecule has 1 aromatic carbocycles. The summed E-state index contributed by atoms with van der Waals surface area (Å²) in [6.07, 6.45) is -0.0282. The zero-order chi connectivity index (χ0) is 12.0. The molecule has 0 saturated heterocycles. The SMILES string of the molecule is COc1ccc(CC(=O)O)cc1C#CCCl. The number of hydrogen-bond donors (Lipinski definition) is 1. The molecule has 84 valence electrons. The van der Waals surface area contributed by atoms with E-state index in [1.54, 1.807) is 18.2 Å². The molecule has 0 aliphatic carbocycles. The van der Waals surface area contributed by atoms with E-state index >= 15 is 0 Å². The molecule has 0 unspecified atom stereocenters. The van der Waals surface area contributed by atoms with Crippen molar-refractivity contribution < 1.29 is 14.6 Å². The molecule has 0 radical (unpaired) electrons. The molecule has 0 aliphatic heterocycles. The van der Waals surface area contributed by atoms with Gasteiger partial charge in [0, 0.05) is 0 Å². The largest absolute Gasteiger partial charge is 0.495 e. The lowest BCUT2D eigenvalue weighted by Gasteiger charge is -2.05. The smallest absolute Gasteiger partial charge is 0.307 e. The van der Waals surface area contributed by atoms with Gasteiger partial charge in [-0.05, 0) is 17.7 Å². The number of ether oxygens (including phenoxy) is 1. The van der Waals surface area contributed by atoms with Gasteiger partial charge in [-0.3, -0.25) is 4.79 Å². The number of rotatable bonds is 3. The highest BCUT2D eigenvalue weighted by Gasteiger charge is 2.05. The second-order valence-electron chi connectivity index (χ2n) is 3.04. The number of alkyl halides is 1. The Hall–Kier alpha value is -1.66. The van der Waals surface area contributed by atoms with Crippen LogP contribution in [-0.4, -0.2) is 24.1 Å². The Morgan fingerprint density at radius 3 is 2.88 bits per heavy atom. The van der Waals surface area contributed by atoms with Crippen LogP contribution in [0.1, 0.15) is 11.1 Å². The van der Waals surface area contributed by atoms with Gasteiger partial charge in [-0.1, -0.05) is 17.9 Å². The van der Waals surface area contributed by atoms with E-state index in [-0.39, 0.29) is 12.3 Å². The summed E-state index contributed by atoms with van der Waals surface area (Å²) in [6.45, 7) is 0. The van der Waals surface area contributed by atoms with E-state index in [2.05, 4.69) is 11.8 Å². The van der Waals surface area contributed by atoms with E-state index in [9.17, 15) is 4.79 Å². The molecule has 0 aromatic heterocycles. The third-order valence-electron chi connectivity index (χ3n) is 1.91. The summed E-state index contributed by atoms with van der Waals surface area (Å²) in [4.78, 5) is 10.6. The van der Waals surface area contributed by atoms with Crippen LogP contribution in [0.25, 0.3) is 0 Å². The van der Waals surface area contributed by atoms with Gasteiger partial charge in [-0.15, -0.1) is 11.6 Å². The van der Waals surface area contributed by atoms with Crippen LogP contribution in [-0.2, 0) is 11.2 Å². The van der Waals surface area contributed by atoms with Crippen molar-refractivity contribution in [2.24, 2.45) is 0 Å². The lowest BCUT2D eigenvalue weighted by atomic mass is 10.1. The topological polar surface area (TPSA) is 46.5 Å². The highest BCUT2D eigenvalue weighted by molar-refractivity contribution is 6.19. The van der Waals surface area contributed by atoms with Gasteiger partial charge in [0.2, 0.25) is 0 Å². The molecule has 4 heteroatoms. The molecule has 0 bridgehead atoms. The minimum absolute atomic E-state index is 0.0282. The molecule has 1 rings (SSSR count). The van der Waals surface area contributed by atoms with E-state index < -0.39 is 5.97 Å². The molecule has 0 amide bonds.